The Labute approximate surface area is 134 Å². The number of hydrogen-bond acceptors (Lipinski definition) is 4. The smallest absolute Gasteiger partial charge is 0.408 e. The highest BCUT2D eigenvalue weighted by atomic mass is 16.6. The fraction of sp³-hybridized carbons (Fsp3) is 0.765. The Balaban J connectivity index is 4.04. The first kappa shape index (κ1) is 20.3. The molecule has 5 nitrogen and oxygen atoms in total. The second kappa shape index (κ2) is 14.2. The first-order valence-electron chi connectivity index (χ1n) is 8.15. The quantitative estimate of drug-likeness (QED) is 0.361. The molecule has 22 heavy (non-hydrogen) atoms. The number of alkyl carbamates (subject to hydrolysis) is 1. The number of nitrogens with one attached hydrogen (secondary N) is 1. The summed E-state index contributed by atoms with van der Waals surface area (Å²) in [5, 5.41) is 2.53. The van der Waals surface area contributed by atoms with E-state index in [1.54, 1.807) is 6.92 Å². The standard InChI is InChI=1S/C17H29NO4/c1-4-7-9-10-11-14-21-16(19)15(12-6-3)18-17(20)22-13-8-5-2/h15H,4,6-7,9-14H2,1-3H3,(H,18,20)/t15-/m0/s1. The second-order valence-corrected chi connectivity index (χ2v) is 5.07. The predicted molar refractivity (Wildman–Crippen MR) is 86.3 cm³/mol. The zero-order valence-corrected chi connectivity index (χ0v) is 14.1. The van der Waals surface area contributed by atoms with Gasteiger partial charge in [-0.15, -0.1) is 5.92 Å². The van der Waals surface area contributed by atoms with Crippen LogP contribution in [0.3, 0.4) is 0 Å². The van der Waals surface area contributed by atoms with Crippen LogP contribution >= 0.6 is 0 Å². The van der Waals surface area contributed by atoms with E-state index in [2.05, 4.69) is 24.1 Å². The van der Waals surface area contributed by atoms with Gasteiger partial charge in [0, 0.05) is 0 Å². The zero-order valence-electron chi connectivity index (χ0n) is 14.1. The molecule has 126 valence electrons. The fourth-order valence-corrected chi connectivity index (χ4v) is 1.87. The minimum Gasteiger partial charge on any atom is -0.464 e. The molecule has 1 atom stereocenters. The van der Waals surface area contributed by atoms with Gasteiger partial charge in [0.25, 0.3) is 0 Å². The van der Waals surface area contributed by atoms with Crippen molar-refractivity contribution in [2.24, 2.45) is 0 Å². The lowest BCUT2D eigenvalue weighted by Gasteiger charge is -2.16. The Morgan fingerprint density at radius 2 is 1.77 bits per heavy atom. The third-order valence-electron chi connectivity index (χ3n) is 3.10. The molecule has 0 spiro atoms. The maximum atomic E-state index is 12.0. The maximum Gasteiger partial charge on any atom is 0.408 e. The average molecular weight is 311 g/mol. The van der Waals surface area contributed by atoms with Gasteiger partial charge in [-0.1, -0.05) is 51.9 Å². The van der Waals surface area contributed by atoms with Crippen molar-refractivity contribution in [3.63, 3.8) is 0 Å². The SMILES string of the molecule is CC#CCOC(=O)N[C@@H](CCC)C(=O)OCCCCCCC. The summed E-state index contributed by atoms with van der Waals surface area (Å²) in [5.41, 5.74) is 0. The number of carbonyl (C=O) groups excluding carboxylic acids is 2. The maximum absolute atomic E-state index is 12.0. The molecule has 5 heteroatoms. The molecule has 0 aromatic carbocycles. The second-order valence-electron chi connectivity index (χ2n) is 5.07. The van der Waals surface area contributed by atoms with Gasteiger partial charge in [0.05, 0.1) is 6.61 Å². The summed E-state index contributed by atoms with van der Waals surface area (Å²) < 4.78 is 10.1. The van der Waals surface area contributed by atoms with Crippen LogP contribution in [-0.4, -0.2) is 31.3 Å². The van der Waals surface area contributed by atoms with Crippen LogP contribution in [0.4, 0.5) is 4.79 Å². The zero-order chi connectivity index (χ0) is 16.6. The van der Waals surface area contributed by atoms with Crippen LogP contribution in [0.2, 0.25) is 0 Å². The van der Waals surface area contributed by atoms with Gasteiger partial charge >= 0.3 is 12.1 Å². The van der Waals surface area contributed by atoms with Crippen molar-refractivity contribution < 1.29 is 19.1 Å². The molecule has 0 radical (unpaired) electrons. The molecule has 0 aliphatic heterocycles. The van der Waals surface area contributed by atoms with E-state index >= 15 is 0 Å². The van der Waals surface area contributed by atoms with Gasteiger partial charge in [0.1, 0.15) is 6.04 Å². The van der Waals surface area contributed by atoms with Gasteiger partial charge in [-0.2, -0.15) is 0 Å². The molecule has 1 amide bonds. The molecule has 0 saturated heterocycles. The number of carbonyl (C=O) groups is 2. The van der Waals surface area contributed by atoms with Crippen LogP contribution in [0.1, 0.15) is 65.7 Å². The van der Waals surface area contributed by atoms with Gasteiger partial charge < -0.3 is 14.8 Å². The highest BCUT2D eigenvalue weighted by Crippen LogP contribution is 2.05. The third kappa shape index (κ3) is 11.0. The summed E-state index contributed by atoms with van der Waals surface area (Å²) in [6, 6.07) is -0.650. The molecule has 0 saturated carbocycles. The van der Waals surface area contributed by atoms with Crippen LogP contribution in [-0.2, 0) is 14.3 Å². The Bertz CT molecular complexity index is 371. The lowest BCUT2D eigenvalue weighted by atomic mass is 10.1. The first-order valence-corrected chi connectivity index (χ1v) is 8.15. The Hall–Kier alpha value is -1.70. The van der Waals surface area contributed by atoms with E-state index < -0.39 is 18.1 Å². The molecule has 0 aliphatic carbocycles. The minimum atomic E-state index is -0.650. The van der Waals surface area contributed by atoms with Crippen LogP contribution < -0.4 is 5.32 Å². The van der Waals surface area contributed by atoms with E-state index in [4.69, 9.17) is 9.47 Å². The number of rotatable bonds is 11. The number of ether oxygens (including phenoxy) is 2. The summed E-state index contributed by atoms with van der Waals surface area (Å²) in [6.45, 7) is 6.19. The lowest BCUT2D eigenvalue weighted by molar-refractivity contribution is -0.146. The van der Waals surface area contributed by atoms with Crippen LogP contribution in [0.5, 0.6) is 0 Å². The van der Waals surface area contributed by atoms with Crippen molar-refractivity contribution >= 4 is 12.1 Å². The number of hydrogen-bond donors (Lipinski definition) is 1. The Kier molecular flexibility index (Phi) is 13.1. The minimum absolute atomic E-state index is 0.0215. The van der Waals surface area contributed by atoms with E-state index in [1.807, 2.05) is 6.92 Å². The van der Waals surface area contributed by atoms with Gasteiger partial charge in [0.15, 0.2) is 6.61 Å². The topological polar surface area (TPSA) is 64.6 Å². The van der Waals surface area contributed by atoms with Crippen LogP contribution in [0.25, 0.3) is 0 Å². The van der Waals surface area contributed by atoms with Gasteiger partial charge in [-0.25, -0.2) is 9.59 Å². The van der Waals surface area contributed by atoms with E-state index in [-0.39, 0.29) is 6.61 Å². The van der Waals surface area contributed by atoms with Crippen molar-refractivity contribution in [1.29, 1.82) is 0 Å². The monoisotopic (exact) mass is 311 g/mol. The molecule has 0 unspecified atom stereocenters. The van der Waals surface area contributed by atoms with Crippen molar-refractivity contribution in [2.75, 3.05) is 13.2 Å². The molecule has 1 N–H and O–H groups in total. The van der Waals surface area contributed by atoms with Crippen molar-refractivity contribution in [3.8, 4) is 11.8 Å². The summed E-state index contributed by atoms with van der Waals surface area (Å²) in [5.74, 6) is 4.86. The molecule has 0 fully saturated rings. The predicted octanol–water partition coefficient (Wildman–Crippen LogP) is 3.42. The number of unbranched alkanes of at least 4 members (excludes halogenated alkanes) is 4. The highest BCUT2D eigenvalue weighted by Gasteiger charge is 2.21. The first-order chi connectivity index (χ1) is 10.7. The number of esters is 1. The highest BCUT2D eigenvalue weighted by molar-refractivity contribution is 5.81. The largest absolute Gasteiger partial charge is 0.464 e. The fourth-order valence-electron chi connectivity index (χ4n) is 1.87. The molecule has 0 aromatic rings. The molecule has 0 bridgehead atoms. The van der Waals surface area contributed by atoms with Crippen LogP contribution in [0, 0.1) is 11.8 Å². The van der Waals surface area contributed by atoms with Crippen LogP contribution in [0.15, 0.2) is 0 Å². The van der Waals surface area contributed by atoms with Crippen molar-refractivity contribution in [3.05, 3.63) is 0 Å². The molecule has 0 aromatic heterocycles. The summed E-state index contributed by atoms with van der Waals surface area (Å²) in [4.78, 5) is 23.5. The molecule has 0 heterocycles. The average Bonchev–Trinajstić information content (AvgIpc) is 2.50. The molecular formula is C17H29NO4. The van der Waals surface area contributed by atoms with E-state index in [1.165, 1.54) is 12.8 Å². The molecular weight excluding hydrogens is 282 g/mol. The summed E-state index contributed by atoms with van der Waals surface area (Å²) >= 11 is 0. The normalized spacial score (nSPS) is 11.0. The molecule has 0 rings (SSSR count). The van der Waals surface area contributed by atoms with Gasteiger partial charge in [0.2, 0.25) is 0 Å². The molecule has 0 aliphatic rings. The van der Waals surface area contributed by atoms with Crippen molar-refractivity contribution in [2.45, 2.75) is 71.8 Å². The summed E-state index contributed by atoms with van der Waals surface area (Å²) in [7, 11) is 0. The number of amides is 1. The lowest BCUT2D eigenvalue weighted by Crippen LogP contribution is -2.42. The van der Waals surface area contributed by atoms with E-state index in [0.29, 0.717) is 13.0 Å². The third-order valence-corrected chi connectivity index (χ3v) is 3.10. The van der Waals surface area contributed by atoms with Crippen molar-refractivity contribution in [1.82, 2.24) is 5.32 Å². The van der Waals surface area contributed by atoms with E-state index in [9.17, 15) is 9.59 Å². The van der Waals surface area contributed by atoms with E-state index in [0.717, 1.165) is 25.7 Å². The summed E-state index contributed by atoms with van der Waals surface area (Å²) in [6.07, 6.45) is 6.14. The Morgan fingerprint density at radius 3 is 2.41 bits per heavy atom. The van der Waals surface area contributed by atoms with Gasteiger partial charge in [-0.05, 0) is 19.8 Å². The van der Waals surface area contributed by atoms with Gasteiger partial charge in [-0.3, -0.25) is 0 Å². The Morgan fingerprint density at radius 1 is 1.05 bits per heavy atom.